The summed E-state index contributed by atoms with van der Waals surface area (Å²) in [5.74, 6) is -0.633. The highest BCUT2D eigenvalue weighted by Gasteiger charge is 2.44. The monoisotopic (exact) mass is 424 g/mol. The molecule has 4 rings (SSSR count). The predicted octanol–water partition coefficient (Wildman–Crippen LogP) is 3.95. The second kappa shape index (κ2) is 8.25. The summed E-state index contributed by atoms with van der Waals surface area (Å²) in [6.07, 6.45) is 1.78. The molecule has 30 heavy (non-hydrogen) atoms. The molecule has 1 saturated heterocycles. The summed E-state index contributed by atoms with van der Waals surface area (Å²) in [4.78, 5) is 30.4. The number of aliphatic hydroxyl groups excluding tert-OH is 1. The average molecular weight is 425 g/mol. The summed E-state index contributed by atoms with van der Waals surface area (Å²) in [5, 5.41) is 10.0. The molecule has 2 amide bonds. The molecular formula is C24H25ClN2O3. The van der Waals surface area contributed by atoms with Crippen LogP contribution in [0.4, 0.5) is 5.69 Å². The molecule has 1 atom stereocenters. The Hall–Kier alpha value is -2.63. The third kappa shape index (κ3) is 3.53. The number of benzene rings is 2. The Labute approximate surface area is 181 Å². The fraction of sp³-hybridized carbons (Fsp3) is 0.333. The fourth-order valence-electron chi connectivity index (χ4n) is 4.42. The summed E-state index contributed by atoms with van der Waals surface area (Å²) in [5.41, 5.74) is 4.01. The van der Waals surface area contributed by atoms with Gasteiger partial charge in [-0.2, -0.15) is 0 Å². The first kappa shape index (κ1) is 20.6. The fourth-order valence-corrected chi connectivity index (χ4v) is 4.64. The van der Waals surface area contributed by atoms with E-state index >= 15 is 0 Å². The van der Waals surface area contributed by atoms with E-state index in [1.165, 1.54) is 4.90 Å². The summed E-state index contributed by atoms with van der Waals surface area (Å²) in [6.45, 7) is 5.25. The van der Waals surface area contributed by atoms with Crippen molar-refractivity contribution in [1.82, 2.24) is 4.90 Å². The van der Waals surface area contributed by atoms with Crippen LogP contribution < -0.4 is 4.90 Å². The Balaban J connectivity index is 1.87. The molecule has 0 aliphatic carbocycles. The van der Waals surface area contributed by atoms with E-state index in [0.717, 1.165) is 29.5 Å². The van der Waals surface area contributed by atoms with Crippen LogP contribution in [0.15, 0.2) is 48.2 Å². The van der Waals surface area contributed by atoms with E-state index < -0.39 is 0 Å². The number of nitrogens with zero attached hydrogens (tertiary/aromatic N) is 2. The van der Waals surface area contributed by atoms with E-state index in [1.807, 2.05) is 36.9 Å². The zero-order valence-corrected chi connectivity index (χ0v) is 17.9. The van der Waals surface area contributed by atoms with E-state index in [9.17, 15) is 14.7 Å². The van der Waals surface area contributed by atoms with Gasteiger partial charge in [-0.1, -0.05) is 47.5 Å². The van der Waals surface area contributed by atoms with Gasteiger partial charge >= 0.3 is 0 Å². The number of hydrogen-bond acceptors (Lipinski definition) is 4. The number of para-hydroxylation sites is 1. The second-order valence-electron chi connectivity index (χ2n) is 8.08. The molecular weight excluding hydrogens is 400 g/mol. The number of hydrogen-bond donors (Lipinski definition) is 1. The quantitative estimate of drug-likeness (QED) is 0.755. The van der Waals surface area contributed by atoms with Gasteiger partial charge in [-0.3, -0.25) is 9.59 Å². The molecule has 0 radical (unpaired) electrons. The highest BCUT2D eigenvalue weighted by Crippen LogP contribution is 2.39. The molecule has 0 bridgehead atoms. The van der Waals surface area contributed by atoms with Crippen molar-refractivity contribution in [3.05, 3.63) is 69.9 Å². The number of rotatable bonds is 4. The SMILES string of the molecule is Cc1ccc(C2=C(N3CCCC(CO)C3)C(=O)N(c3ccccc3Cl)C2=O)c(C)c1. The molecule has 0 aromatic heterocycles. The van der Waals surface area contributed by atoms with Crippen molar-refractivity contribution in [3.63, 3.8) is 0 Å². The highest BCUT2D eigenvalue weighted by molar-refractivity contribution is 6.47. The van der Waals surface area contributed by atoms with E-state index in [2.05, 4.69) is 0 Å². The van der Waals surface area contributed by atoms with Gasteiger partial charge in [0.05, 0.1) is 16.3 Å². The number of amides is 2. The number of aliphatic hydroxyl groups is 1. The molecule has 5 nitrogen and oxygen atoms in total. The van der Waals surface area contributed by atoms with Crippen molar-refractivity contribution in [3.8, 4) is 0 Å². The van der Waals surface area contributed by atoms with Gasteiger partial charge in [0.2, 0.25) is 0 Å². The first-order valence-corrected chi connectivity index (χ1v) is 10.6. The standard InChI is InChI=1S/C24H25ClN2O3/c1-15-9-10-18(16(2)12-15)21-22(26-11-5-6-17(13-26)14-28)24(30)27(23(21)29)20-8-4-3-7-19(20)25/h3-4,7-10,12,17,28H,5-6,11,13-14H2,1-2H3. The molecule has 6 heteroatoms. The topological polar surface area (TPSA) is 60.9 Å². The maximum absolute atomic E-state index is 13.6. The van der Waals surface area contributed by atoms with Crippen molar-refractivity contribution in [2.24, 2.45) is 5.92 Å². The molecule has 2 heterocycles. The van der Waals surface area contributed by atoms with E-state index in [4.69, 9.17) is 11.6 Å². The van der Waals surface area contributed by atoms with Gasteiger partial charge in [-0.05, 0) is 55.9 Å². The number of aryl methyl sites for hydroxylation is 2. The lowest BCUT2D eigenvalue weighted by atomic mass is 9.95. The van der Waals surface area contributed by atoms with Crippen LogP contribution in [0.3, 0.4) is 0 Å². The van der Waals surface area contributed by atoms with Crippen LogP contribution in [0, 0.1) is 19.8 Å². The molecule has 2 aliphatic heterocycles. The zero-order valence-electron chi connectivity index (χ0n) is 17.2. The summed E-state index contributed by atoms with van der Waals surface area (Å²) in [7, 11) is 0. The lowest BCUT2D eigenvalue weighted by molar-refractivity contribution is -0.120. The molecule has 1 N–H and O–H groups in total. The first-order valence-electron chi connectivity index (χ1n) is 10.2. The number of piperidine rings is 1. The minimum absolute atomic E-state index is 0.0685. The van der Waals surface area contributed by atoms with Gasteiger partial charge in [-0.25, -0.2) is 4.90 Å². The minimum atomic E-state index is -0.360. The van der Waals surface area contributed by atoms with Crippen LogP contribution in [0.2, 0.25) is 5.02 Å². The molecule has 0 saturated carbocycles. The van der Waals surface area contributed by atoms with Crippen LogP contribution in [-0.2, 0) is 9.59 Å². The van der Waals surface area contributed by atoms with Gasteiger partial charge in [0, 0.05) is 19.7 Å². The van der Waals surface area contributed by atoms with Crippen LogP contribution in [0.25, 0.3) is 5.57 Å². The van der Waals surface area contributed by atoms with E-state index in [-0.39, 0.29) is 24.3 Å². The maximum atomic E-state index is 13.6. The molecule has 1 fully saturated rings. The first-order chi connectivity index (χ1) is 14.4. The lowest BCUT2D eigenvalue weighted by Crippen LogP contribution is -2.40. The third-order valence-electron chi connectivity index (χ3n) is 5.90. The number of anilines is 1. The van der Waals surface area contributed by atoms with Crippen LogP contribution >= 0.6 is 11.6 Å². The Morgan fingerprint density at radius 2 is 1.87 bits per heavy atom. The van der Waals surface area contributed by atoms with Crippen LogP contribution in [-0.4, -0.2) is 41.5 Å². The number of halogens is 1. The van der Waals surface area contributed by atoms with Crippen molar-refractivity contribution in [2.45, 2.75) is 26.7 Å². The normalized spacial score (nSPS) is 19.8. The average Bonchev–Trinajstić information content (AvgIpc) is 2.99. The smallest absolute Gasteiger partial charge is 0.282 e. The predicted molar refractivity (Wildman–Crippen MR) is 118 cm³/mol. The van der Waals surface area contributed by atoms with Crippen LogP contribution in [0.5, 0.6) is 0 Å². The second-order valence-corrected chi connectivity index (χ2v) is 8.48. The molecule has 0 spiro atoms. The van der Waals surface area contributed by atoms with Gasteiger partial charge in [0.25, 0.3) is 11.8 Å². The number of imide groups is 1. The van der Waals surface area contributed by atoms with Gasteiger partial charge in [0.15, 0.2) is 0 Å². The summed E-state index contributed by atoms with van der Waals surface area (Å²) >= 11 is 6.35. The lowest BCUT2D eigenvalue weighted by Gasteiger charge is -2.34. The zero-order chi connectivity index (χ0) is 21.4. The van der Waals surface area contributed by atoms with Crippen LogP contribution in [0.1, 0.15) is 29.5 Å². The largest absolute Gasteiger partial charge is 0.396 e. The van der Waals surface area contributed by atoms with Gasteiger partial charge < -0.3 is 10.0 Å². The number of likely N-dealkylation sites (tertiary alicyclic amines) is 1. The van der Waals surface area contributed by atoms with E-state index in [0.29, 0.717) is 35.1 Å². The highest BCUT2D eigenvalue weighted by atomic mass is 35.5. The van der Waals surface area contributed by atoms with Crippen molar-refractivity contribution < 1.29 is 14.7 Å². The van der Waals surface area contributed by atoms with Crippen molar-refractivity contribution in [2.75, 3.05) is 24.6 Å². The maximum Gasteiger partial charge on any atom is 0.282 e. The Bertz CT molecular complexity index is 1050. The molecule has 2 aromatic carbocycles. The number of carbonyl (C=O) groups is 2. The van der Waals surface area contributed by atoms with E-state index in [1.54, 1.807) is 24.3 Å². The summed E-state index contributed by atoms with van der Waals surface area (Å²) in [6, 6.07) is 12.8. The Kier molecular flexibility index (Phi) is 5.67. The number of carbonyl (C=O) groups excluding carboxylic acids is 2. The van der Waals surface area contributed by atoms with Gasteiger partial charge in [0.1, 0.15) is 5.70 Å². The molecule has 1 unspecified atom stereocenters. The Morgan fingerprint density at radius 1 is 1.10 bits per heavy atom. The molecule has 2 aliphatic rings. The minimum Gasteiger partial charge on any atom is -0.396 e. The van der Waals surface area contributed by atoms with Gasteiger partial charge in [-0.15, -0.1) is 0 Å². The summed E-state index contributed by atoms with van der Waals surface area (Å²) < 4.78 is 0. The molecule has 2 aromatic rings. The third-order valence-corrected chi connectivity index (χ3v) is 6.22. The Morgan fingerprint density at radius 3 is 2.57 bits per heavy atom. The molecule has 156 valence electrons. The van der Waals surface area contributed by atoms with Crippen molar-refractivity contribution in [1.29, 1.82) is 0 Å². The van der Waals surface area contributed by atoms with Crippen molar-refractivity contribution >= 4 is 34.7 Å².